The highest BCUT2D eigenvalue weighted by molar-refractivity contribution is 5.74. The average Bonchev–Trinajstić information content (AvgIpc) is 3.41. The molecule has 146 valence electrons. The zero-order chi connectivity index (χ0) is 19.0. The van der Waals surface area contributed by atoms with Crippen molar-refractivity contribution in [2.45, 2.75) is 51.1 Å². The van der Waals surface area contributed by atoms with E-state index < -0.39 is 0 Å². The van der Waals surface area contributed by atoms with Gasteiger partial charge in [0.2, 0.25) is 0 Å². The van der Waals surface area contributed by atoms with E-state index in [0.717, 1.165) is 42.9 Å². The SMILES string of the molecule is NCC1(CCN(Cc2nc3ccccc3[nH]2)C2CCCc3cccnc32)CC1. The van der Waals surface area contributed by atoms with E-state index in [-0.39, 0.29) is 0 Å². The molecule has 28 heavy (non-hydrogen) atoms. The van der Waals surface area contributed by atoms with Gasteiger partial charge in [-0.2, -0.15) is 0 Å². The lowest BCUT2D eigenvalue weighted by molar-refractivity contribution is 0.149. The average molecular weight is 376 g/mol. The molecule has 5 rings (SSSR count). The second kappa shape index (κ2) is 7.30. The molecule has 5 nitrogen and oxygen atoms in total. The third kappa shape index (κ3) is 3.45. The summed E-state index contributed by atoms with van der Waals surface area (Å²) in [5.41, 5.74) is 11.3. The predicted molar refractivity (Wildman–Crippen MR) is 112 cm³/mol. The molecule has 1 unspecified atom stereocenters. The number of hydrogen-bond acceptors (Lipinski definition) is 4. The molecule has 0 spiro atoms. The summed E-state index contributed by atoms with van der Waals surface area (Å²) in [4.78, 5) is 15.7. The lowest BCUT2D eigenvalue weighted by Gasteiger charge is -2.35. The highest BCUT2D eigenvalue weighted by atomic mass is 15.2. The summed E-state index contributed by atoms with van der Waals surface area (Å²) in [6.07, 6.45) is 9.21. The lowest BCUT2D eigenvalue weighted by atomic mass is 9.90. The van der Waals surface area contributed by atoms with Crippen molar-refractivity contribution in [2.75, 3.05) is 13.1 Å². The minimum atomic E-state index is 0.367. The van der Waals surface area contributed by atoms with Crippen LogP contribution in [0.5, 0.6) is 0 Å². The van der Waals surface area contributed by atoms with Crippen LogP contribution in [0.4, 0.5) is 0 Å². The first-order valence-corrected chi connectivity index (χ1v) is 10.6. The van der Waals surface area contributed by atoms with Gasteiger partial charge in [0.1, 0.15) is 5.82 Å². The Morgan fingerprint density at radius 1 is 1.18 bits per heavy atom. The van der Waals surface area contributed by atoms with Crippen LogP contribution in [0.3, 0.4) is 0 Å². The van der Waals surface area contributed by atoms with Gasteiger partial charge in [0.25, 0.3) is 0 Å². The predicted octanol–water partition coefficient (Wildman–Crippen LogP) is 3.97. The maximum Gasteiger partial charge on any atom is 0.121 e. The first-order chi connectivity index (χ1) is 13.8. The van der Waals surface area contributed by atoms with Crippen LogP contribution in [0.1, 0.15) is 55.2 Å². The number of fused-ring (bicyclic) bond motifs is 2. The van der Waals surface area contributed by atoms with Gasteiger partial charge in [-0.05, 0) is 80.8 Å². The van der Waals surface area contributed by atoms with E-state index in [9.17, 15) is 0 Å². The molecule has 0 amide bonds. The van der Waals surface area contributed by atoms with Crippen LogP contribution in [-0.4, -0.2) is 32.9 Å². The molecule has 2 aliphatic rings. The van der Waals surface area contributed by atoms with Crippen molar-refractivity contribution in [2.24, 2.45) is 11.1 Å². The summed E-state index contributed by atoms with van der Waals surface area (Å²) < 4.78 is 0. The largest absolute Gasteiger partial charge is 0.341 e. The van der Waals surface area contributed by atoms with Crippen LogP contribution in [0, 0.1) is 5.41 Å². The molecule has 0 bridgehead atoms. The van der Waals surface area contributed by atoms with E-state index in [0.29, 0.717) is 11.5 Å². The first kappa shape index (κ1) is 17.8. The third-order valence-electron chi connectivity index (χ3n) is 6.72. The Kier molecular flexibility index (Phi) is 4.65. The summed E-state index contributed by atoms with van der Waals surface area (Å²) in [6.45, 7) is 2.69. The Hall–Kier alpha value is -2.24. The number of nitrogens with zero attached hydrogens (tertiary/aromatic N) is 3. The Labute approximate surface area is 166 Å². The number of H-pyrrole nitrogens is 1. The normalized spacial score (nSPS) is 20.4. The number of aromatic nitrogens is 3. The molecule has 0 saturated heterocycles. The quantitative estimate of drug-likeness (QED) is 0.656. The zero-order valence-corrected chi connectivity index (χ0v) is 16.4. The molecule has 3 N–H and O–H groups in total. The van der Waals surface area contributed by atoms with Gasteiger partial charge in [-0.15, -0.1) is 0 Å². The van der Waals surface area contributed by atoms with Crippen LogP contribution >= 0.6 is 0 Å². The van der Waals surface area contributed by atoms with E-state index in [4.69, 9.17) is 15.7 Å². The maximum absolute atomic E-state index is 6.06. The summed E-state index contributed by atoms with van der Waals surface area (Å²) in [7, 11) is 0. The number of nitrogens with two attached hydrogens (primary N) is 1. The fraction of sp³-hybridized carbons (Fsp3) is 0.478. The summed E-state index contributed by atoms with van der Waals surface area (Å²) in [5.74, 6) is 1.04. The van der Waals surface area contributed by atoms with Crippen LogP contribution in [0.2, 0.25) is 0 Å². The summed E-state index contributed by atoms with van der Waals surface area (Å²) in [5, 5.41) is 0. The van der Waals surface area contributed by atoms with Crippen molar-refractivity contribution in [1.82, 2.24) is 19.9 Å². The zero-order valence-electron chi connectivity index (χ0n) is 16.4. The van der Waals surface area contributed by atoms with Gasteiger partial charge in [-0.1, -0.05) is 18.2 Å². The van der Waals surface area contributed by atoms with E-state index in [1.165, 1.54) is 43.4 Å². The Morgan fingerprint density at radius 2 is 2.07 bits per heavy atom. The summed E-state index contributed by atoms with van der Waals surface area (Å²) in [6, 6.07) is 13.0. The van der Waals surface area contributed by atoms with E-state index in [1.807, 2.05) is 12.3 Å². The monoisotopic (exact) mass is 375 g/mol. The van der Waals surface area contributed by atoms with Crippen LogP contribution in [0.15, 0.2) is 42.6 Å². The van der Waals surface area contributed by atoms with Crippen LogP contribution in [-0.2, 0) is 13.0 Å². The van der Waals surface area contributed by atoms with Crippen LogP contribution < -0.4 is 5.73 Å². The molecule has 1 saturated carbocycles. The number of benzene rings is 1. The Balaban J connectivity index is 1.43. The topological polar surface area (TPSA) is 70.8 Å². The number of aromatic amines is 1. The molecular formula is C23H29N5. The van der Waals surface area contributed by atoms with Crippen molar-refractivity contribution in [3.05, 3.63) is 59.7 Å². The number of aryl methyl sites for hydroxylation is 1. The van der Waals surface area contributed by atoms with Gasteiger partial charge in [-0.25, -0.2) is 4.98 Å². The molecule has 5 heteroatoms. The molecule has 0 radical (unpaired) electrons. The van der Waals surface area contributed by atoms with Gasteiger partial charge >= 0.3 is 0 Å². The fourth-order valence-electron chi connectivity index (χ4n) is 4.67. The maximum atomic E-state index is 6.06. The van der Waals surface area contributed by atoms with Crippen molar-refractivity contribution >= 4 is 11.0 Å². The number of rotatable bonds is 7. The molecule has 3 aromatic rings. The van der Waals surface area contributed by atoms with E-state index in [1.54, 1.807) is 0 Å². The molecular weight excluding hydrogens is 346 g/mol. The van der Waals surface area contributed by atoms with Gasteiger partial charge in [0, 0.05) is 6.20 Å². The Morgan fingerprint density at radius 3 is 2.89 bits per heavy atom. The molecule has 2 heterocycles. The first-order valence-electron chi connectivity index (χ1n) is 10.6. The number of pyridine rings is 1. The minimum absolute atomic E-state index is 0.367. The molecule has 0 aliphatic heterocycles. The number of nitrogens with one attached hydrogen (secondary N) is 1. The summed E-state index contributed by atoms with van der Waals surface area (Å²) >= 11 is 0. The molecule has 1 aromatic carbocycles. The van der Waals surface area contributed by atoms with E-state index >= 15 is 0 Å². The van der Waals surface area contributed by atoms with Crippen molar-refractivity contribution in [3.8, 4) is 0 Å². The van der Waals surface area contributed by atoms with Gasteiger partial charge in [0.15, 0.2) is 0 Å². The Bertz CT molecular complexity index is 925. The molecule has 1 fully saturated rings. The highest BCUT2D eigenvalue weighted by Gasteiger charge is 2.41. The molecule has 1 atom stereocenters. The third-order valence-corrected chi connectivity index (χ3v) is 6.72. The second-order valence-corrected chi connectivity index (χ2v) is 8.58. The van der Waals surface area contributed by atoms with Crippen molar-refractivity contribution < 1.29 is 0 Å². The highest BCUT2D eigenvalue weighted by Crippen LogP contribution is 2.48. The number of imidazole rings is 1. The van der Waals surface area contributed by atoms with Crippen molar-refractivity contribution in [3.63, 3.8) is 0 Å². The molecule has 2 aliphatic carbocycles. The second-order valence-electron chi connectivity index (χ2n) is 8.58. The van der Waals surface area contributed by atoms with E-state index in [2.05, 4.69) is 40.2 Å². The fourth-order valence-corrected chi connectivity index (χ4v) is 4.67. The van der Waals surface area contributed by atoms with Gasteiger partial charge < -0.3 is 10.7 Å². The smallest absolute Gasteiger partial charge is 0.121 e. The lowest BCUT2D eigenvalue weighted by Crippen LogP contribution is -2.34. The molecule has 2 aromatic heterocycles. The number of para-hydroxylation sites is 2. The van der Waals surface area contributed by atoms with Crippen molar-refractivity contribution in [1.29, 1.82) is 0 Å². The van der Waals surface area contributed by atoms with Crippen LogP contribution in [0.25, 0.3) is 11.0 Å². The van der Waals surface area contributed by atoms with Gasteiger partial charge in [-0.3, -0.25) is 9.88 Å². The standard InChI is InChI=1S/C23H29N5/c24-16-23(10-11-23)12-14-28(15-21-26-18-7-1-2-8-19(18)27-21)20-9-3-5-17-6-4-13-25-22(17)20/h1-2,4,6-8,13,20H,3,5,9-12,14-16,24H2,(H,26,27). The number of hydrogen-bond donors (Lipinski definition) is 2. The minimum Gasteiger partial charge on any atom is -0.341 e. The van der Waals surface area contributed by atoms with Gasteiger partial charge in [0.05, 0.1) is 29.3 Å².